The van der Waals surface area contributed by atoms with Gasteiger partial charge in [-0.25, -0.2) is 4.98 Å². The Kier molecular flexibility index (Phi) is 9.22. The first-order chi connectivity index (χ1) is 21.2. The summed E-state index contributed by atoms with van der Waals surface area (Å²) in [7, 11) is 1.65. The van der Waals surface area contributed by atoms with E-state index in [-0.39, 0.29) is 5.91 Å². The predicted molar refractivity (Wildman–Crippen MR) is 171 cm³/mol. The van der Waals surface area contributed by atoms with Crippen molar-refractivity contribution in [2.75, 3.05) is 39.8 Å². The molecule has 0 radical (unpaired) electrons. The molecule has 0 aliphatic carbocycles. The molecule has 1 aliphatic heterocycles. The first kappa shape index (κ1) is 28.8. The van der Waals surface area contributed by atoms with Crippen LogP contribution in [0.15, 0.2) is 95.7 Å². The molecule has 11 heteroatoms. The summed E-state index contributed by atoms with van der Waals surface area (Å²) in [5, 5.41) is 12.4. The quantitative estimate of drug-likeness (QED) is 0.190. The van der Waals surface area contributed by atoms with Crippen LogP contribution in [0.4, 0.5) is 0 Å². The smallest absolute Gasteiger partial charge is 0.273 e. The highest BCUT2D eigenvalue weighted by Crippen LogP contribution is 2.34. The van der Waals surface area contributed by atoms with Crippen LogP contribution in [-0.4, -0.2) is 80.3 Å². The molecule has 4 heterocycles. The lowest BCUT2D eigenvalue weighted by molar-refractivity contribution is 0.0645. The minimum absolute atomic E-state index is 0.0101. The summed E-state index contributed by atoms with van der Waals surface area (Å²) in [6.07, 6.45) is 7.80. The molecule has 3 aromatic heterocycles. The van der Waals surface area contributed by atoms with E-state index in [4.69, 9.17) is 9.72 Å². The van der Waals surface area contributed by atoms with E-state index < -0.39 is 0 Å². The molecule has 0 unspecified atom stereocenters. The van der Waals surface area contributed by atoms with Gasteiger partial charge in [0, 0.05) is 56.1 Å². The van der Waals surface area contributed by atoms with Crippen LogP contribution in [0.1, 0.15) is 21.1 Å². The number of pyridine rings is 1. The monoisotopic (exact) mass is 609 g/mol. The lowest BCUT2D eigenvalue weighted by Gasteiger charge is -2.33. The third-order valence-corrected chi connectivity index (χ3v) is 9.10. The van der Waals surface area contributed by atoms with Gasteiger partial charge in [-0.2, -0.15) is 0 Å². The summed E-state index contributed by atoms with van der Waals surface area (Å²) in [5.41, 5.74) is 3.44. The number of aromatic nitrogens is 5. The Labute approximate surface area is 258 Å². The fourth-order valence-electron chi connectivity index (χ4n) is 4.88. The molecule has 6 rings (SSSR count). The lowest BCUT2D eigenvalue weighted by Crippen LogP contribution is -2.48. The third kappa shape index (κ3) is 6.85. The average molecular weight is 610 g/mol. The number of hydrogen-bond acceptors (Lipinski definition) is 9. The summed E-state index contributed by atoms with van der Waals surface area (Å²) >= 11 is 3.02. The van der Waals surface area contributed by atoms with E-state index in [9.17, 15) is 4.79 Å². The van der Waals surface area contributed by atoms with Gasteiger partial charge in [-0.15, -0.1) is 21.5 Å². The van der Waals surface area contributed by atoms with E-state index in [1.165, 1.54) is 28.7 Å². The highest BCUT2D eigenvalue weighted by molar-refractivity contribution is 7.98. The highest BCUT2D eigenvalue weighted by Gasteiger charge is 2.24. The zero-order valence-corrected chi connectivity index (χ0v) is 25.4. The van der Waals surface area contributed by atoms with Crippen LogP contribution in [0, 0.1) is 0 Å². The normalized spacial score (nSPS) is 13.9. The van der Waals surface area contributed by atoms with Crippen LogP contribution >= 0.6 is 23.1 Å². The Balaban J connectivity index is 1.09. The van der Waals surface area contributed by atoms with Gasteiger partial charge in [0.2, 0.25) is 0 Å². The lowest BCUT2D eigenvalue weighted by atomic mass is 10.2. The zero-order valence-electron chi connectivity index (χ0n) is 23.7. The van der Waals surface area contributed by atoms with Crippen LogP contribution in [0.2, 0.25) is 0 Å². The van der Waals surface area contributed by atoms with Crippen molar-refractivity contribution in [3.63, 3.8) is 0 Å². The number of piperazine rings is 1. The molecule has 1 amide bonds. The molecule has 218 valence electrons. The SMILES string of the molecule is COc1ccccc1-n1c(SCc2nc(C(=O)N3CCN(CC=Cc4ccccc4)CC3)cs2)nnc1-c1ccncc1. The molecule has 1 saturated heterocycles. The van der Waals surface area contributed by atoms with E-state index in [0.717, 1.165) is 35.9 Å². The van der Waals surface area contributed by atoms with E-state index in [1.54, 1.807) is 19.5 Å². The Morgan fingerprint density at radius 2 is 1.74 bits per heavy atom. The molecule has 43 heavy (non-hydrogen) atoms. The second-order valence-corrected chi connectivity index (χ2v) is 11.8. The number of nitrogens with zero attached hydrogens (tertiary/aromatic N) is 7. The molecule has 0 N–H and O–H groups in total. The van der Waals surface area contributed by atoms with Crippen molar-refractivity contribution in [3.8, 4) is 22.8 Å². The molecule has 1 fully saturated rings. The largest absolute Gasteiger partial charge is 0.495 e. The minimum atomic E-state index is -0.0101. The van der Waals surface area contributed by atoms with Crippen LogP contribution in [0.25, 0.3) is 23.2 Å². The highest BCUT2D eigenvalue weighted by atomic mass is 32.2. The van der Waals surface area contributed by atoms with Crippen LogP contribution in [0.3, 0.4) is 0 Å². The van der Waals surface area contributed by atoms with Crippen LogP contribution in [0.5, 0.6) is 5.75 Å². The molecule has 5 aromatic rings. The van der Waals surface area contributed by atoms with Gasteiger partial charge in [0.05, 0.1) is 18.6 Å². The van der Waals surface area contributed by atoms with Gasteiger partial charge >= 0.3 is 0 Å². The van der Waals surface area contributed by atoms with Crippen molar-refractivity contribution in [3.05, 3.63) is 107 Å². The number of carbonyl (C=O) groups excluding carboxylic acids is 1. The average Bonchev–Trinajstić information content (AvgIpc) is 3.72. The number of amides is 1. The molecule has 1 aliphatic rings. The maximum atomic E-state index is 13.2. The van der Waals surface area contributed by atoms with E-state index in [0.29, 0.717) is 41.3 Å². The third-order valence-electron chi connectivity index (χ3n) is 7.13. The Bertz CT molecular complexity index is 1680. The zero-order chi connectivity index (χ0) is 29.4. The van der Waals surface area contributed by atoms with E-state index in [1.807, 2.05) is 69.4 Å². The van der Waals surface area contributed by atoms with Crippen molar-refractivity contribution < 1.29 is 9.53 Å². The first-order valence-electron chi connectivity index (χ1n) is 14.0. The first-order valence-corrected chi connectivity index (χ1v) is 15.9. The Hall–Kier alpha value is -4.32. The summed E-state index contributed by atoms with van der Waals surface area (Å²) in [6, 6.07) is 21.9. The van der Waals surface area contributed by atoms with Gasteiger partial charge in [-0.05, 0) is 29.8 Å². The van der Waals surface area contributed by atoms with Crippen molar-refractivity contribution in [1.82, 2.24) is 34.5 Å². The Morgan fingerprint density at radius 3 is 2.53 bits per heavy atom. The van der Waals surface area contributed by atoms with Crippen molar-refractivity contribution in [2.24, 2.45) is 0 Å². The number of benzene rings is 2. The summed E-state index contributed by atoms with van der Waals surface area (Å²) in [4.78, 5) is 26.3. The molecule has 0 spiro atoms. The summed E-state index contributed by atoms with van der Waals surface area (Å²) in [5.74, 6) is 1.96. The van der Waals surface area contributed by atoms with Crippen LogP contribution in [-0.2, 0) is 5.75 Å². The second-order valence-electron chi connectivity index (χ2n) is 9.87. The maximum Gasteiger partial charge on any atom is 0.273 e. The van der Waals surface area contributed by atoms with Gasteiger partial charge < -0.3 is 9.64 Å². The fourth-order valence-corrected chi connectivity index (χ4v) is 6.61. The standard InChI is InChI=1S/C32H31N7O2S2/c1-41-28-12-6-5-11-27(28)39-30(25-13-15-33-16-14-25)35-36-32(39)43-23-29-34-26(22-42-29)31(40)38-20-18-37(19-21-38)17-7-10-24-8-3-2-4-9-24/h2-16,22H,17-21,23H2,1H3. The molecule has 0 atom stereocenters. The Morgan fingerprint density at radius 1 is 0.977 bits per heavy atom. The number of thiazole rings is 1. The molecule has 9 nitrogen and oxygen atoms in total. The van der Waals surface area contributed by atoms with E-state index >= 15 is 0 Å². The predicted octanol–water partition coefficient (Wildman–Crippen LogP) is 5.56. The van der Waals surface area contributed by atoms with Crippen molar-refractivity contribution >= 4 is 35.1 Å². The number of para-hydroxylation sites is 2. The number of rotatable bonds is 10. The van der Waals surface area contributed by atoms with Gasteiger partial charge in [0.1, 0.15) is 16.5 Å². The second kappa shape index (κ2) is 13.8. The number of ether oxygens (including phenoxy) is 1. The number of methoxy groups -OCH3 is 1. The fraction of sp³-hybridized carbons (Fsp3) is 0.219. The molecule has 0 bridgehead atoms. The van der Waals surface area contributed by atoms with Gasteiger partial charge in [0.15, 0.2) is 11.0 Å². The van der Waals surface area contributed by atoms with Gasteiger partial charge in [0.25, 0.3) is 5.91 Å². The number of carbonyl (C=O) groups is 1. The molecular formula is C32H31N7O2S2. The van der Waals surface area contributed by atoms with Gasteiger partial charge in [-0.1, -0.05) is 66.4 Å². The summed E-state index contributed by atoms with van der Waals surface area (Å²) < 4.78 is 7.65. The number of thioether (sulfide) groups is 1. The maximum absolute atomic E-state index is 13.2. The number of hydrogen-bond donors (Lipinski definition) is 0. The molecule has 2 aromatic carbocycles. The molecule has 0 saturated carbocycles. The minimum Gasteiger partial charge on any atom is -0.495 e. The summed E-state index contributed by atoms with van der Waals surface area (Å²) in [6.45, 7) is 3.95. The molecular weight excluding hydrogens is 579 g/mol. The topological polar surface area (TPSA) is 89.3 Å². The van der Waals surface area contributed by atoms with Crippen molar-refractivity contribution in [1.29, 1.82) is 0 Å². The van der Waals surface area contributed by atoms with Crippen molar-refractivity contribution in [2.45, 2.75) is 10.9 Å². The van der Waals surface area contributed by atoms with E-state index in [2.05, 4.69) is 44.4 Å². The van der Waals surface area contributed by atoms with Crippen LogP contribution < -0.4 is 4.74 Å². The van der Waals surface area contributed by atoms with Gasteiger partial charge in [-0.3, -0.25) is 19.2 Å².